The number of hydrogen-bond donors (Lipinski definition) is 2. The standard InChI is InChI=1S/C16H13N3O3/c1-10-11-5-2-3-6-12(11)16(22)19(10)9-14(21)18-15-13(20)7-4-8-17-15/h2-8,20H,1,9H2,(H,17,18,21). The number of fused-ring (bicyclic) bond motifs is 1. The van der Waals surface area contributed by atoms with Gasteiger partial charge in [-0.2, -0.15) is 0 Å². The topological polar surface area (TPSA) is 82.5 Å². The Kier molecular flexibility index (Phi) is 3.34. The number of carbonyl (C=O) groups is 2. The molecular weight excluding hydrogens is 282 g/mol. The van der Waals surface area contributed by atoms with E-state index in [1.54, 1.807) is 24.3 Å². The maximum absolute atomic E-state index is 12.3. The number of rotatable bonds is 3. The second kappa shape index (κ2) is 5.33. The molecule has 1 aromatic carbocycles. The summed E-state index contributed by atoms with van der Waals surface area (Å²) in [5.41, 5.74) is 1.74. The van der Waals surface area contributed by atoms with Gasteiger partial charge in [-0.3, -0.25) is 14.5 Å². The van der Waals surface area contributed by atoms with Crippen LogP contribution in [0.15, 0.2) is 49.2 Å². The van der Waals surface area contributed by atoms with Gasteiger partial charge in [0.1, 0.15) is 6.54 Å². The number of benzene rings is 1. The van der Waals surface area contributed by atoms with E-state index in [0.29, 0.717) is 11.3 Å². The van der Waals surface area contributed by atoms with Gasteiger partial charge >= 0.3 is 0 Å². The average molecular weight is 295 g/mol. The van der Waals surface area contributed by atoms with Crippen LogP contribution in [0.3, 0.4) is 0 Å². The Morgan fingerprint density at radius 2 is 1.95 bits per heavy atom. The number of pyridine rings is 1. The van der Waals surface area contributed by atoms with Crippen molar-refractivity contribution in [1.82, 2.24) is 9.88 Å². The summed E-state index contributed by atoms with van der Waals surface area (Å²) in [6.07, 6.45) is 1.45. The second-order valence-corrected chi connectivity index (χ2v) is 4.80. The Balaban J connectivity index is 1.75. The lowest BCUT2D eigenvalue weighted by atomic mass is 10.1. The monoisotopic (exact) mass is 295 g/mol. The number of amides is 2. The van der Waals surface area contributed by atoms with Gasteiger partial charge in [0.25, 0.3) is 5.91 Å². The molecule has 2 heterocycles. The molecule has 0 spiro atoms. The van der Waals surface area contributed by atoms with Crippen LogP contribution in [-0.2, 0) is 4.79 Å². The van der Waals surface area contributed by atoms with Crippen LogP contribution in [-0.4, -0.2) is 33.3 Å². The van der Waals surface area contributed by atoms with Crippen LogP contribution in [0.25, 0.3) is 5.70 Å². The van der Waals surface area contributed by atoms with Gasteiger partial charge in [-0.15, -0.1) is 0 Å². The maximum Gasteiger partial charge on any atom is 0.259 e. The highest BCUT2D eigenvalue weighted by Crippen LogP contribution is 2.30. The molecule has 6 nitrogen and oxygen atoms in total. The Labute approximate surface area is 126 Å². The van der Waals surface area contributed by atoms with Gasteiger partial charge in [-0.25, -0.2) is 4.98 Å². The normalized spacial score (nSPS) is 13.2. The third-order valence-electron chi connectivity index (χ3n) is 3.39. The molecule has 0 atom stereocenters. The Morgan fingerprint density at radius 3 is 2.64 bits per heavy atom. The van der Waals surface area contributed by atoms with E-state index < -0.39 is 5.91 Å². The zero-order valence-electron chi connectivity index (χ0n) is 11.6. The van der Waals surface area contributed by atoms with Gasteiger partial charge in [0.2, 0.25) is 5.91 Å². The largest absolute Gasteiger partial charge is 0.504 e. The first-order chi connectivity index (χ1) is 10.6. The summed E-state index contributed by atoms with van der Waals surface area (Å²) in [6.45, 7) is 3.67. The van der Waals surface area contributed by atoms with Crippen LogP contribution in [0.5, 0.6) is 5.75 Å². The molecule has 2 N–H and O–H groups in total. The lowest BCUT2D eigenvalue weighted by Gasteiger charge is -2.16. The number of carbonyl (C=O) groups excluding carboxylic acids is 2. The number of nitrogens with one attached hydrogen (secondary N) is 1. The molecule has 3 rings (SSSR count). The van der Waals surface area contributed by atoms with Crippen molar-refractivity contribution in [2.45, 2.75) is 0 Å². The molecule has 0 saturated heterocycles. The minimum absolute atomic E-state index is 0.0577. The van der Waals surface area contributed by atoms with E-state index in [9.17, 15) is 14.7 Å². The van der Waals surface area contributed by atoms with Crippen molar-refractivity contribution < 1.29 is 14.7 Å². The van der Waals surface area contributed by atoms with Gasteiger partial charge in [0.15, 0.2) is 11.6 Å². The molecule has 0 saturated carbocycles. The Hall–Kier alpha value is -3.15. The predicted molar refractivity (Wildman–Crippen MR) is 81.0 cm³/mol. The lowest BCUT2D eigenvalue weighted by Crippen LogP contribution is -2.32. The van der Waals surface area contributed by atoms with Crippen molar-refractivity contribution in [2.24, 2.45) is 0 Å². The summed E-state index contributed by atoms with van der Waals surface area (Å²) in [4.78, 5) is 29.5. The van der Waals surface area contributed by atoms with Crippen LogP contribution in [0.2, 0.25) is 0 Å². The van der Waals surface area contributed by atoms with Gasteiger partial charge in [-0.1, -0.05) is 24.8 Å². The molecule has 1 aliphatic rings. The van der Waals surface area contributed by atoms with E-state index in [4.69, 9.17) is 0 Å². The van der Waals surface area contributed by atoms with E-state index in [1.165, 1.54) is 17.2 Å². The van der Waals surface area contributed by atoms with Gasteiger partial charge < -0.3 is 10.4 Å². The van der Waals surface area contributed by atoms with E-state index in [2.05, 4.69) is 16.9 Å². The second-order valence-electron chi connectivity index (χ2n) is 4.80. The molecule has 2 aromatic rings. The molecular formula is C16H13N3O3. The van der Waals surface area contributed by atoms with Crippen molar-refractivity contribution in [3.63, 3.8) is 0 Å². The molecule has 22 heavy (non-hydrogen) atoms. The van der Waals surface area contributed by atoms with E-state index in [-0.39, 0.29) is 24.0 Å². The quantitative estimate of drug-likeness (QED) is 0.905. The lowest BCUT2D eigenvalue weighted by molar-refractivity contribution is -0.116. The zero-order chi connectivity index (χ0) is 15.7. The van der Waals surface area contributed by atoms with Crippen molar-refractivity contribution in [2.75, 3.05) is 11.9 Å². The summed E-state index contributed by atoms with van der Waals surface area (Å²) < 4.78 is 0. The average Bonchev–Trinajstić information content (AvgIpc) is 2.75. The van der Waals surface area contributed by atoms with Crippen molar-refractivity contribution >= 4 is 23.3 Å². The first kappa shape index (κ1) is 13.8. The fraction of sp³-hybridized carbons (Fsp3) is 0.0625. The maximum atomic E-state index is 12.3. The number of hydrogen-bond acceptors (Lipinski definition) is 4. The molecule has 110 valence electrons. The highest BCUT2D eigenvalue weighted by Gasteiger charge is 2.31. The Bertz CT molecular complexity index is 751. The summed E-state index contributed by atoms with van der Waals surface area (Å²) in [6, 6.07) is 10.0. The van der Waals surface area contributed by atoms with Crippen LogP contribution in [0, 0.1) is 0 Å². The zero-order valence-corrected chi connectivity index (χ0v) is 11.6. The third-order valence-corrected chi connectivity index (χ3v) is 3.39. The van der Waals surface area contributed by atoms with Crippen molar-refractivity contribution in [3.8, 4) is 5.75 Å². The minimum atomic E-state index is -0.462. The summed E-state index contributed by atoms with van der Waals surface area (Å²) in [5, 5.41) is 12.1. The third kappa shape index (κ3) is 2.31. The number of nitrogens with zero attached hydrogens (tertiary/aromatic N) is 2. The van der Waals surface area contributed by atoms with Crippen LogP contribution >= 0.6 is 0 Å². The number of anilines is 1. The van der Waals surface area contributed by atoms with Crippen molar-refractivity contribution in [1.29, 1.82) is 0 Å². The first-order valence-electron chi connectivity index (χ1n) is 6.62. The first-order valence-corrected chi connectivity index (χ1v) is 6.62. The van der Waals surface area contributed by atoms with Gasteiger partial charge in [0, 0.05) is 23.0 Å². The smallest absolute Gasteiger partial charge is 0.259 e. The molecule has 0 fully saturated rings. The molecule has 1 aliphatic heterocycles. The molecule has 0 bridgehead atoms. The van der Waals surface area contributed by atoms with Crippen LogP contribution in [0.1, 0.15) is 15.9 Å². The van der Waals surface area contributed by atoms with Crippen LogP contribution < -0.4 is 5.32 Å². The van der Waals surface area contributed by atoms with Gasteiger partial charge in [0.05, 0.1) is 0 Å². The fourth-order valence-electron chi connectivity index (χ4n) is 2.31. The molecule has 2 amide bonds. The number of aromatic nitrogens is 1. The summed E-state index contributed by atoms with van der Waals surface area (Å²) >= 11 is 0. The SMILES string of the molecule is C=C1c2ccccc2C(=O)N1CC(=O)Nc1ncccc1O. The molecule has 0 radical (unpaired) electrons. The van der Waals surface area contributed by atoms with E-state index in [0.717, 1.165) is 5.56 Å². The molecule has 0 unspecified atom stereocenters. The van der Waals surface area contributed by atoms with Crippen molar-refractivity contribution in [3.05, 3.63) is 60.3 Å². The molecule has 6 heteroatoms. The fourth-order valence-corrected chi connectivity index (χ4v) is 2.31. The van der Waals surface area contributed by atoms with E-state index in [1.807, 2.05) is 6.07 Å². The summed E-state index contributed by atoms with van der Waals surface area (Å²) in [7, 11) is 0. The molecule has 0 aliphatic carbocycles. The highest BCUT2D eigenvalue weighted by atomic mass is 16.3. The molecule has 1 aromatic heterocycles. The van der Waals surface area contributed by atoms with Gasteiger partial charge in [-0.05, 0) is 18.2 Å². The van der Waals surface area contributed by atoms with E-state index >= 15 is 0 Å². The van der Waals surface area contributed by atoms with Crippen LogP contribution in [0.4, 0.5) is 5.82 Å². The number of aromatic hydroxyl groups is 1. The minimum Gasteiger partial charge on any atom is -0.504 e. The predicted octanol–water partition coefficient (Wildman–Crippen LogP) is 1.85. The Morgan fingerprint density at radius 1 is 1.23 bits per heavy atom. The highest BCUT2D eigenvalue weighted by molar-refractivity contribution is 6.11. The summed E-state index contributed by atoms with van der Waals surface area (Å²) in [5.74, 6) is -0.801.